The van der Waals surface area contributed by atoms with Gasteiger partial charge in [-0.1, -0.05) is 30.3 Å². The van der Waals surface area contributed by atoms with Gasteiger partial charge in [-0.3, -0.25) is 4.72 Å². The van der Waals surface area contributed by atoms with E-state index < -0.39 is 10.0 Å². The number of nitrogens with two attached hydrogens (primary N) is 1. The molecule has 0 aliphatic carbocycles. The van der Waals surface area contributed by atoms with E-state index in [1.54, 1.807) is 74.7 Å². The summed E-state index contributed by atoms with van der Waals surface area (Å²) >= 11 is 5.14. The van der Waals surface area contributed by atoms with Crippen molar-refractivity contribution in [3.8, 4) is 5.75 Å². The monoisotopic (exact) mass is 454 g/mol. The first-order valence-electron chi connectivity index (χ1n) is 9.27. The lowest BCUT2D eigenvalue weighted by molar-refractivity contribution is 0.415. The molecule has 0 amide bonds. The molecule has 0 atom stereocenters. The smallest absolute Gasteiger partial charge is 0.261 e. The van der Waals surface area contributed by atoms with Crippen molar-refractivity contribution in [1.29, 1.82) is 0 Å². The fourth-order valence-corrected chi connectivity index (χ4v) is 3.97. The molecule has 3 aromatic carbocycles. The Kier molecular flexibility index (Phi) is 6.88. The zero-order valence-electron chi connectivity index (χ0n) is 17.0. The molecule has 0 aliphatic heterocycles. The standard InChI is InChI=1S/C22H22N4O3S2/c1-16(24-26(22(23)30)19-10-12-20(29-2)13-11-19)17-8-14-21(15-9-17)31(27,28)25-18-6-4-3-5-7-18/h3-15,25H,1-2H3,(H2,23,30)/b24-16+. The number of nitrogens with one attached hydrogen (secondary N) is 1. The lowest BCUT2D eigenvalue weighted by Crippen LogP contribution is -2.31. The predicted octanol–water partition coefficient (Wildman–Crippen LogP) is 3.97. The van der Waals surface area contributed by atoms with Crippen LogP contribution in [0.2, 0.25) is 0 Å². The number of hydrazone groups is 1. The lowest BCUT2D eigenvalue weighted by atomic mass is 10.1. The van der Waals surface area contributed by atoms with Gasteiger partial charge in [-0.15, -0.1) is 0 Å². The van der Waals surface area contributed by atoms with Crippen molar-refractivity contribution in [1.82, 2.24) is 0 Å². The van der Waals surface area contributed by atoms with E-state index in [4.69, 9.17) is 22.7 Å². The van der Waals surface area contributed by atoms with Crippen molar-refractivity contribution in [3.63, 3.8) is 0 Å². The molecule has 31 heavy (non-hydrogen) atoms. The second kappa shape index (κ2) is 9.59. The molecular weight excluding hydrogens is 432 g/mol. The molecule has 3 rings (SSSR count). The van der Waals surface area contributed by atoms with Gasteiger partial charge in [-0.2, -0.15) is 5.10 Å². The van der Waals surface area contributed by atoms with Gasteiger partial charge in [0.25, 0.3) is 10.0 Å². The number of hydrogen-bond acceptors (Lipinski definition) is 5. The molecule has 7 nitrogen and oxygen atoms in total. The Bertz CT molecular complexity index is 1180. The highest BCUT2D eigenvalue weighted by Gasteiger charge is 2.15. The van der Waals surface area contributed by atoms with E-state index in [-0.39, 0.29) is 10.0 Å². The fourth-order valence-electron chi connectivity index (χ4n) is 2.76. The van der Waals surface area contributed by atoms with Crippen LogP contribution in [0.15, 0.2) is 88.9 Å². The van der Waals surface area contributed by atoms with Crippen LogP contribution in [-0.2, 0) is 10.0 Å². The summed E-state index contributed by atoms with van der Waals surface area (Å²) in [7, 11) is -2.11. The molecule has 0 radical (unpaired) electrons. The van der Waals surface area contributed by atoms with Gasteiger partial charge in [0.1, 0.15) is 5.75 Å². The van der Waals surface area contributed by atoms with E-state index in [1.165, 1.54) is 17.1 Å². The summed E-state index contributed by atoms with van der Waals surface area (Å²) in [6.07, 6.45) is 0. The minimum absolute atomic E-state index is 0.0794. The molecule has 160 valence electrons. The van der Waals surface area contributed by atoms with Crippen LogP contribution in [0, 0.1) is 0 Å². The van der Waals surface area contributed by atoms with Gasteiger partial charge in [0.2, 0.25) is 0 Å². The van der Waals surface area contributed by atoms with Gasteiger partial charge >= 0.3 is 0 Å². The Hall–Kier alpha value is -3.43. The van der Waals surface area contributed by atoms with E-state index in [0.29, 0.717) is 22.8 Å². The molecule has 0 bridgehead atoms. The fraction of sp³-hybridized carbons (Fsp3) is 0.0909. The molecule has 0 saturated carbocycles. The molecule has 3 aromatic rings. The Morgan fingerprint density at radius 2 is 1.61 bits per heavy atom. The number of sulfonamides is 1. The second-order valence-corrected chi connectivity index (χ2v) is 8.63. The number of hydrogen-bond donors (Lipinski definition) is 2. The van der Waals surface area contributed by atoms with Crippen LogP contribution < -0.4 is 20.2 Å². The highest BCUT2D eigenvalue weighted by molar-refractivity contribution is 7.92. The van der Waals surface area contributed by atoms with Gasteiger partial charge in [0.15, 0.2) is 5.11 Å². The van der Waals surface area contributed by atoms with E-state index in [0.717, 1.165) is 5.56 Å². The number of para-hydroxylation sites is 1. The van der Waals surface area contributed by atoms with Gasteiger partial charge < -0.3 is 10.5 Å². The quantitative estimate of drug-likeness (QED) is 0.319. The molecule has 0 unspecified atom stereocenters. The summed E-state index contributed by atoms with van der Waals surface area (Å²) in [5.41, 5.74) is 8.37. The van der Waals surface area contributed by atoms with E-state index in [2.05, 4.69) is 9.82 Å². The van der Waals surface area contributed by atoms with Gasteiger partial charge in [0, 0.05) is 5.69 Å². The summed E-state index contributed by atoms with van der Waals surface area (Å²) in [5.74, 6) is 0.702. The molecule has 0 fully saturated rings. The summed E-state index contributed by atoms with van der Waals surface area (Å²) in [6, 6.07) is 22.3. The minimum atomic E-state index is -3.69. The van der Waals surface area contributed by atoms with E-state index >= 15 is 0 Å². The topological polar surface area (TPSA) is 97.0 Å². The average Bonchev–Trinajstić information content (AvgIpc) is 2.77. The number of anilines is 2. The molecular formula is C22H22N4O3S2. The maximum Gasteiger partial charge on any atom is 0.261 e. The van der Waals surface area contributed by atoms with Gasteiger partial charge in [0.05, 0.1) is 23.4 Å². The normalized spacial score (nSPS) is 11.6. The second-order valence-electron chi connectivity index (χ2n) is 6.53. The van der Waals surface area contributed by atoms with E-state index in [1.807, 2.05) is 6.07 Å². The average molecular weight is 455 g/mol. The van der Waals surface area contributed by atoms with Crippen LogP contribution in [0.1, 0.15) is 12.5 Å². The van der Waals surface area contributed by atoms with Gasteiger partial charge in [-0.05, 0) is 73.2 Å². The summed E-state index contributed by atoms with van der Waals surface area (Å²) < 4.78 is 32.9. The van der Waals surface area contributed by atoms with Crippen molar-refractivity contribution in [2.75, 3.05) is 16.8 Å². The summed E-state index contributed by atoms with van der Waals surface area (Å²) in [5, 5.41) is 6.03. The van der Waals surface area contributed by atoms with Crippen molar-refractivity contribution in [2.45, 2.75) is 11.8 Å². The van der Waals surface area contributed by atoms with E-state index in [9.17, 15) is 8.42 Å². The molecule has 0 aromatic heterocycles. The molecule has 0 saturated heterocycles. The number of rotatable bonds is 7. The van der Waals surface area contributed by atoms with Crippen LogP contribution in [0.3, 0.4) is 0 Å². The number of methoxy groups -OCH3 is 1. The third-order valence-corrected chi connectivity index (χ3v) is 5.95. The Labute approximate surface area is 187 Å². The van der Waals surface area contributed by atoms with Crippen LogP contribution in [0.4, 0.5) is 11.4 Å². The van der Waals surface area contributed by atoms with Crippen molar-refractivity contribution in [2.24, 2.45) is 10.8 Å². The zero-order valence-corrected chi connectivity index (χ0v) is 18.7. The van der Waals surface area contributed by atoms with Crippen molar-refractivity contribution in [3.05, 3.63) is 84.4 Å². The highest BCUT2D eigenvalue weighted by Crippen LogP contribution is 2.21. The number of nitrogens with zero attached hydrogens (tertiary/aromatic N) is 2. The van der Waals surface area contributed by atoms with Crippen molar-refractivity contribution >= 4 is 44.4 Å². The predicted molar refractivity (Wildman–Crippen MR) is 128 cm³/mol. The summed E-state index contributed by atoms with van der Waals surface area (Å²) in [4.78, 5) is 0.147. The maximum absolute atomic E-state index is 12.6. The van der Waals surface area contributed by atoms with Crippen LogP contribution in [-0.4, -0.2) is 26.4 Å². The van der Waals surface area contributed by atoms with Crippen LogP contribution >= 0.6 is 12.2 Å². The third kappa shape index (κ3) is 5.59. The Morgan fingerprint density at radius 1 is 1.00 bits per heavy atom. The van der Waals surface area contributed by atoms with Crippen molar-refractivity contribution < 1.29 is 13.2 Å². The molecule has 9 heteroatoms. The number of benzene rings is 3. The largest absolute Gasteiger partial charge is 0.497 e. The van der Waals surface area contributed by atoms with Crippen LogP contribution in [0.25, 0.3) is 0 Å². The molecule has 0 aliphatic rings. The van der Waals surface area contributed by atoms with Crippen LogP contribution in [0.5, 0.6) is 5.75 Å². The first-order chi connectivity index (χ1) is 14.8. The molecule has 3 N–H and O–H groups in total. The molecule has 0 heterocycles. The maximum atomic E-state index is 12.6. The lowest BCUT2D eigenvalue weighted by Gasteiger charge is -2.18. The highest BCUT2D eigenvalue weighted by atomic mass is 32.2. The molecule has 0 spiro atoms. The Morgan fingerprint density at radius 3 is 2.16 bits per heavy atom. The SMILES string of the molecule is COc1ccc(N(/N=C(\C)c2ccc(S(=O)(=O)Nc3ccccc3)cc2)C(N)=S)cc1. The Balaban J connectivity index is 1.82. The number of thiocarbonyl (C=S) groups is 1. The number of ether oxygens (including phenoxy) is 1. The van der Waals surface area contributed by atoms with Gasteiger partial charge in [-0.25, -0.2) is 13.4 Å². The first kappa shape index (κ1) is 22.3. The first-order valence-corrected chi connectivity index (χ1v) is 11.2. The minimum Gasteiger partial charge on any atom is -0.497 e. The zero-order chi connectivity index (χ0) is 22.4. The summed E-state index contributed by atoms with van der Waals surface area (Å²) in [6.45, 7) is 1.79. The third-order valence-electron chi connectivity index (χ3n) is 4.38.